The van der Waals surface area contributed by atoms with Gasteiger partial charge in [0.25, 0.3) is 0 Å². The molecule has 22 heavy (non-hydrogen) atoms. The quantitative estimate of drug-likeness (QED) is 0.654. The van der Waals surface area contributed by atoms with Crippen LogP contribution in [0.1, 0.15) is 37.6 Å². The lowest BCUT2D eigenvalue weighted by molar-refractivity contribution is 0.116. The van der Waals surface area contributed by atoms with Crippen molar-refractivity contribution in [2.45, 2.75) is 50.6 Å². The number of hydrogen-bond acceptors (Lipinski definition) is 6. The zero-order chi connectivity index (χ0) is 15.1. The fraction of sp³-hybridized carbons (Fsp3) is 0.600. The van der Waals surface area contributed by atoms with Gasteiger partial charge in [0.2, 0.25) is 5.95 Å². The van der Waals surface area contributed by atoms with Crippen molar-refractivity contribution in [1.29, 1.82) is 0 Å². The van der Waals surface area contributed by atoms with E-state index in [-0.39, 0.29) is 6.10 Å². The SMILES string of the molecule is OC1CCC(Nc2ncc3cc4n(c3n2)CCNC4O)CC1. The minimum Gasteiger partial charge on any atom is -0.393 e. The van der Waals surface area contributed by atoms with E-state index in [1.54, 1.807) is 6.20 Å². The van der Waals surface area contributed by atoms with Crippen molar-refractivity contribution < 1.29 is 10.2 Å². The number of nitrogens with zero attached hydrogens (tertiary/aromatic N) is 3. The lowest BCUT2D eigenvalue weighted by Gasteiger charge is -2.26. The maximum absolute atomic E-state index is 10.00. The van der Waals surface area contributed by atoms with Gasteiger partial charge in [0.15, 0.2) is 0 Å². The molecule has 1 saturated carbocycles. The average molecular weight is 303 g/mol. The number of aromatic nitrogens is 3. The van der Waals surface area contributed by atoms with Gasteiger partial charge in [-0.15, -0.1) is 0 Å². The topological polar surface area (TPSA) is 95.2 Å². The highest BCUT2D eigenvalue weighted by Crippen LogP contribution is 2.26. The molecule has 0 spiro atoms. The maximum Gasteiger partial charge on any atom is 0.224 e. The van der Waals surface area contributed by atoms with Crippen LogP contribution >= 0.6 is 0 Å². The Labute approximate surface area is 128 Å². The molecule has 7 nitrogen and oxygen atoms in total. The van der Waals surface area contributed by atoms with Crippen LogP contribution in [0, 0.1) is 0 Å². The van der Waals surface area contributed by atoms with Crippen molar-refractivity contribution >= 4 is 17.0 Å². The predicted octanol–water partition coefficient (Wildman–Crippen LogP) is 0.741. The lowest BCUT2D eigenvalue weighted by atomic mass is 9.93. The molecule has 2 aromatic heterocycles. The van der Waals surface area contributed by atoms with Crippen LogP contribution in [-0.4, -0.2) is 43.4 Å². The Hall–Kier alpha value is -1.70. The number of rotatable bonds is 2. The summed E-state index contributed by atoms with van der Waals surface area (Å²) in [6.07, 6.45) is 4.55. The molecular formula is C15H21N5O2. The second-order valence-corrected chi connectivity index (χ2v) is 6.20. The van der Waals surface area contributed by atoms with Gasteiger partial charge < -0.3 is 20.1 Å². The molecule has 0 saturated heterocycles. The number of fused-ring (bicyclic) bond motifs is 3. The normalized spacial score (nSPS) is 28.5. The Kier molecular flexibility index (Phi) is 3.48. The van der Waals surface area contributed by atoms with Crippen molar-refractivity contribution in [3.63, 3.8) is 0 Å². The summed E-state index contributed by atoms with van der Waals surface area (Å²) in [7, 11) is 0. The van der Waals surface area contributed by atoms with Gasteiger partial charge in [-0.1, -0.05) is 0 Å². The fourth-order valence-electron chi connectivity index (χ4n) is 3.41. The molecule has 1 fully saturated rings. The van der Waals surface area contributed by atoms with E-state index >= 15 is 0 Å². The molecule has 0 radical (unpaired) electrons. The largest absolute Gasteiger partial charge is 0.393 e. The summed E-state index contributed by atoms with van der Waals surface area (Å²) in [5.41, 5.74) is 1.71. The second-order valence-electron chi connectivity index (χ2n) is 6.20. The van der Waals surface area contributed by atoms with E-state index in [0.717, 1.165) is 55.5 Å². The lowest BCUT2D eigenvalue weighted by Crippen LogP contribution is -2.32. The van der Waals surface area contributed by atoms with Crippen molar-refractivity contribution in [3.8, 4) is 0 Å². The fourth-order valence-corrected chi connectivity index (χ4v) is 3.41. The Morgan fingerprint density at radius 3 is 2.86 bits per heavy atom. The van der Waals surface area contributed by atoms with Gasteiger partial charge in [0.1, 0.15) is 11.9 Å². The molecule has 7 heteroatoms. The van der Waals surface area contributed by atoms with Crippen LogP contribution in [-0.2, 0) is 6.54 Å². The summed E-state index contributed by atoms with van der Waals surface area (Å²) in [4.78, 5) is 9.02. The van der Waals surface area contributed by atoms with E-state index in [4.69, 9.17) is 0 Å². The smallest absolute Gasteiger partial charge is 0.224 e. The summed E-state index contributed by atoms with van der Waals surface area (Å²) in [6.45, 7) is 1.52. The number of nitrogens with one attached hydrogen (secondary N) is 2. The molecule has 1 aliphatic heterocycles. The summed E-state index contributed by atoms with van der Waals surface area (Å²) >= 11 is 0. The molecular weight excluding hydrogens is 282 g/mol. The summed E-state index contributed by atoms with van der Waals surface area (Å²) in [6, 6.07) is 2.26. The maximum atomic E-state index is 10.00. The Morgan fingerprint density at radius 1 is 1.23 bits per heavy atom. The van der Waals surface area contributed by atoms with E-state index in [9.17, 15) is 10.2 Å². The van der Waals surface area contributed by atoms with Crippen molar-refractivity contribution in [2.75, 3.05) is 11.9 Å². The Balaban J connectivity index is 1.60. The molecule has 1 atom stereocenters. The molecule has 2 aliphatic rings. The van der Waals surface area contributed by atoms with Gasteiger partial charge in [0, 0.05) is 30.7 Å². The molecule has 0 aromatic carbocycles. The average Bonchev–Trinajstić information content (AvgIpc) is 2.89. The number of aliphatic hydroxyl groups is 2. The summed E-state index contributed by atoms with van der Waals surface area (Å²) < 4.78 is 2.05. The van der Waals surface area contributed by atoms with E-state index in [1.807, 2.05) is 10.6 Å². The van der Waals surface area contributed by atoms with Crippen molar-refractivity contribution in [2.24, 2.45) is 0 Å². The van der Waals surface area contributed by atoms with Gasteiger partial charge in [0.05, 0.1) is 11.8 Å². The first kappa shape index (κ1) is 13.9. The third-order valence-corrected chi connectivity index (χ3v) is 4.65. The van der Waals surface area contributed by atoms with Crippen LogP contribution in [0.2, 0.25) is 0 Å². The molecule has 1 unspecified atom stereocenters. The van der Waals surface area contributed by atoms with Gasteiger partial charge >= 0.3 is 0 Å². The zero-order valence-electron chi connectivity index (χ0n) is 12.4. The van der Waals surface area contributed by atoms with Crippen molar-refractivity contribution in [1.82, 2.24) is 19.9 Å². The molecule has 0 amide bonds. The van der Waals surface area contributed by atoms with Gasteiger partial charge in [-0.2, -0.15) is 4.98 Å². The summed E-state index contributed by atoms with van der Waals surface area (Å²) in [5.74, 6) is 0.628. The minimum absolute atomic E-state index is 0.159. The first-order valence-electron chi connectivity index (χ1n) is 7.93. The Morgan fingerprint density at radius 2 is 2.05 bits per heavy atom. The van der Waals surface area contributed by atoms with Crippen LogP contribution in [0.4, 0.5) is 5.95 Å². The van der Waals surface area contributed by atoms with Crippen LogP contribution in [0.5, 0.6) is 0 Å². The van der Waals surface area contributed by atoms with Gasteiger partial charge in [-0.3, -0.25) is 5.32 Å². The van der Waals surface area contributed by atoms with Crippen LogP contribution in [0.15, 0.2) is 12.3 Å². The highest BCUT2D eigenvalue weighted by atomic mass is 16.3. The monoisotopic (exact) mass is 303 g/mol. The molecule has 4 N–H and O–H groups in total. The minimum atomic E-state index is -0.640. The molecule has 2 aromatic rings. The molecule has 4 rings (SSSR count). The van der Waals surface area contributed by atoms with E-state index in [0.29, 0.717) is 12.0 Å². The third kappa shape index (κ3) is 2.45. The molecule has 1 aliphatic carbocycles. The molecule has 3 heterocycles. The Bertz CT molecular complexity index is 678. The van der Waals surface area contributed by atoms with E-state index < -0.39 is 6.23 Å². The van der Waals surface area contributed by atoms with Crippen LogP contribution in [0.3, 0.4) is 0 Å². The molecule has 0 bridgehead atoms. The second kappa shape index (κ2) is 5.49. The van der Waals surface area contributed by atoms with E-state index in [1.165, 1.54) is 0 Å². The van der Waals surface area contributed by atoms with Crippen LogP contribution < -0.4 is 10.6 Å². The third-order valence-electron chi connectivity index (χ3n) is 4.65. The van der Waals surface area contributed by atoms with Gasteiger partial charge in [-0.25, -0.2) is 4.98 Å². The highest BCUT2D eigenvalue weighted by molar-refractivity contribution is 5.78. The van der Waals surface area contributed by atoms with Crippen molar-refractivity contribution in [3.05, 3.63) is 18.0 Å². The zero-order valence-corrected chi connectivity index (χ0v) is 12.4. The molecule has 118 valence electrons. The van der Waals surface area contributed by atoms with E-state index in [2.05, 4.69) is 20.6 Å². The number of aliphatic hydroxyl groups excluding tert-OH is 2. The van der Waals surface area contributed by atoms with Gasteiger partial charge in [-0.05, 0) is 31.7 Å². The summed E-state index contributed by atoms with van der Waals surface area (Å²) in [5, 5.41) is 26.9. The highest BCUT2D eigenvalue weighted by Gasteiger charge is 2.22. The van der Waals surface area contributed by atoms with Crippen LogP contribution in [0.25, 0.3) is 11.0 Å². The number of hydrogen-bond donors (Lipinski definition) is 4. The standard InChI is InChI=1S/C15H21N5O2/c21-11-3-1-10(2-4-11)18-15-17-8-9-7-12-14(22)16-5-6-20(12)13(9)19-15/h7-8,10-11,14,16,21-22H,1-6H2,(H,17,18,19). The first-order chi connectivity index (χ1) is 10.7. The first-order valence-corrected chi connectivity index (χ1v) is 7.93. The predicted molar refractivity (Wildman–Crippen MR) is 82.4 cm³/mol. The number of anilines is 1.